The minimum Gasteiger partial charge on any atom is -0.351 e. The van der Waals surface area contributed by atoms with Crippen LogP contribution in [0.5, 0.6) is 0 Å². The highest BCUT2D eigenvalue weighted by molar-refractivity contribution is 7.46. The van der Waals surface area contributed by atoms with E-state index in [1.54, 1.807) is 6.92 Å². The van der Waals surface area contributed by atoms with Gasteiger partial charge in [0, 0.05) is 31.7 Å². The quantitative estimate of drug-likeness (QED) is 0.614. The van der Waals surface area contributed by atoms with Crippen molar-refractivity contribution in [2.75, 3.05) is 13.7 Å². The average molecular weight is 336 g/mol. The van der Waals surface area contributed by atoms with E-state index < -0.39 is 37.7 Å². The largest absolute Gasteiger partial charge is 0.469 e. The Morgan fingerprint density at radius 1 is 1.55 bits per heavy atom. The van der Waals surface area contributed by atoms with E-state index in [2.05, 4.69) is 9.51 Å². The standard InChI is InChI=1S/C11H17N2O8P/c1-7-5-11(19-2,6-20-22(16,17)18)21-9(7)13-4-3-8(14)12-10(13)15/h3-4,7,9H,5-6H2,1-2H3,(H,12,14,15)(H2,16,17,18). The Kier molecular flexibility index (Phi) is 4.71. The van der Waals surface area contributed by atoms with Crippen LogP contribution in [-0.2, 0) is 18.6 Å². The van der Waals surface area contributed by atoms with Crippen molar-refractivity contribution in [2.45, 2.75) is 25.4 Å². The summed E-state index contributed by atoms with van der Waals surface area (Å²) in [5.41, 5.74) is -1.18. The van der Waals surface area contributed by atoms with Gasteiger partial charge in [-0.15, -0.1) is 0 Å². The van der Waals surface area contributed by atoms with Gasteiger partial charge in [0.15, 0.2) is 5.79 Å². The first-order chi connectivity index (χ1) is 10.2. The molecule has 0 aromatic carbocycles. The Hall–Kier alpha value is -1.29. The molecule has 0 amide bonds. The minimum atomic E-state index is -4.68. The molecule has 2 heterocycles. The second-order valence-electron chi connectivity index (χ2n) is 5.09. The molecule has 2 rings (SSSR count). The molecular formula is C11H17N2O8P. The molecule has 3 unspecified atom stereocenters. The van der Waals surface area contributed by atoms with Crippen molar-refractivity contribution in [3.05, 3.63) is 33.1 Å². The van der Waals surface area contributed by atoms with Gasteiger partial charge in [-0.1, -0.05) is 6.92 Å². The van der Waals surface area contributed by atoms with Gasteiger partial charge >= 0.3 is 13.5 Å². The third-order valence-corrected chi connectivity index (χ3v) is 3.87. The number of hydrogen-bond acceptors (Lipinski definition) is 6. The van der Waals surface area contributed by atoms with Crippen LogP contribution in [0.1, 0.15) is 19.6 Å². The first kappa shape index (κ1) is 17.1. The van der Waals surface area contributed by atoms with Crippen LogP contribution in [0.3, 0.4) is 0 Å². The van der Waals surface area contributed by atoms with Gasteiger partial charge in [-0.25, -0.2) is 9.36 Å². The van der Waals surface area contributed by atoms with Crippen LogP contribution >= 0.6 is 7.82 Å². The van der Waals surface area contributed by atoms with E-state index in [1.807, 2.05) is 0 Å². The van der Waals surface area contributed by atoms with Crippen LogP contribution in [-0.4, -0.2) is 38.8 Å². The molecule has 11 heteroatoms. The number of aromatic amines is 1. The van der Waals surface area contributed by atoms with E-state index in [1.165, 1.54) is 23.9 Å². The number of nitrogens with zero attached hydrogens (tertiary/aromatic N) is 1. The first-order valence-electron chi connectivity index (χ1n) is 6.40. The van der Waals surface area contributed by atoms with Crippen molar-refractivity contribution in [1.82, 2.24) is 9.55 Å². The molecule has 10 nitrogen and oxygen atoms in total. The van der Waals surface area contributed by atoms with E-state index in [9.17, 15) is 14.2 Å². The van der Waals surface area contributed by atoms with Crippen molar-refractivity contribution < 1.29 is 28.3 Å². The number of nitrogens with one attached hydrogen (secondary N) is 1. The fraction of sp³-hybridized carbons (Fsp3) is 0.636. The van der Waals surface area contributed by atoms with Gasteiger partial charge in [0.2, 0.25) is 0 Å². The van der Waals surface area contributed by atoms with E-state index in [-0.39, 0.29) is 12.3 Å². The van der Waals surface area contributed by atoms with E-state index in [4.69, 9.17) is 19.3 Å². The summed E-state index contributed by atoms with van der Waals surface area (Å²) < 4.78 is 27.3. The highest BCUT2D eigenvalue weighted by Crippen LogP contribution is 2.44. The SMILES string of the molecule is COC1(COP(=O)(O)O)CC(C)C(n2ccc(=O)[nH]c2=O)O1. The van der Waals surface area contributed by atoms with Crippen LogP contribution in [0.25, 0.3) is 0 Å². The molecular weight excluding hydrogens is 319 g/mol. The zero-order valence-electron chi connectivity index (χ0n) is 12.0. The molecule has 3 N–H and O–H groups in total. The smallest absolute Gasteiger partial charge is 0.351 e. The maximum absolute atomic E-state index is 11.8. The number of methoxy groups -OCH3 is 1. The van der Waals surface area contributed by atoms with Crippen molar-refractivity contribution in [2.24, 2.45) is 5.92 Å². The summed E-state index contributed by atoms with van der Waals surface area (Å²) in [6.07, 6.45) is 0.780. The Labute approximate surface area is 124 Å². The summed E-state index contributed by atoms with van der Waals surface area (Å²) in [6.45, 7) is 1.28. The lowest BCUT2D eigenvalue weighted by molar-refractivity contribution is -0.241. The molecule has 0 bridgehead atoms. The van der Waals surface area contributed by atoms with Crippen LogP contribution in [0.2, 0.25) is 0 Å². The summed E-state index contributed by atoms with van der Waals surface area (Å²) in [4.78, 5) is 42.6. The zero-order valence-corrected chi connectivity index (χ0v) is 12.9. The van der Waals surface area contributed by atoms with Gasteiger partial charge in [0.1, 0.15) is 12.8 Å². The average Bonchev–Trinajstić information content (AvgIpc) is 2.74. The third kappa shape index (κ3) is 3.72. The Morgan fingerprint density at radius 2 is 2.23 bits per heavy atom. The predicted octanol–water partition coefficient (Wildman–Crippen LogP) is -0.456. The minimum absolute atomic E-state index is 0.219. The molecule has 22 heavy (non-hydrogen) atoms. The molecule has 0 aliphatic carbocycles. The summed E-state index contributed by atoms with van der Waals surface area (Å²) >= 11 is 0. The monoisotopic (exact) mass is 336 g/mol. The molecule has 1 aliphatic rings. The summed E-state index contributed by atoms with van der Waals surface area (Å²) in [7, 11) is -3.36. The predicted molar refractivity (Wildman–Crippen MR) is 73.0 cm³/mol. The van der Waals surface area contributed by atoms with Crippen molar-refractivity contribution in [3.63, 3.8) is 0 Å². The van der Waals surface area contributed by atoms with Crippen LogP contribution in [0.15, 0.2) is 21.9 Å². The van der Waals surface area contributed by atoms with Gasteiger partial charge in [-0.2, -0.15) is 0 Å². The number of ether oxygens (including phenoxy) is 2. The second kappa shape index (κ2) is 6.07. The highest BCUT2D eigenvalue weighted by atomic mass is 31.2. The lowest BCUT2D eigenvalue weighted by Gasteiger charge is -2.27. The topological polar surface area (TPSA) is 140 Å². The third-order valence-electron chi connectivity index (χ3n) is 3.41. The molecule has 0 saturated carbocycles. The molecule has 1 fully saturated rings. The number of rotatable bonds is 5. The number of aromatic nitrogens is 2. The summed E-state index contributed by atoms with van der Waals surface area (Å²) in [5.74, 6) is -1.61. The Balaban J connectivity index is 2.24. The molecule has 0 spiro atoms. The van der Waals surface area contributed by atoms with E-state index >= 15 is 0 Å². The molecule has 1 aromatic rings. The Morgan fingerprint density at radius 3 is 2.77 bits per heavy atom. The number of phosphoric ester groups is 1. The Bertz CT molecular complexity index is 694. The lowest BCUT2D eigenvalue weighted by atomic mass is 10.0. The lowest BCUT2D eigenvalue weighted by Crippen LogP contribution is -2.38. The second-order valence-corrected chi connectivity index (χ2v) is 6.33. The molecule has 1 aliphatic heterocycles. The highest BCUT2D eigenvalue weighted by Gasteiger charge is 2.47. The van der Waals surface area contributed by atoms with Crippen LogP contribution in [0, 0.1) is 5.92 Å². The normalized spacial score (nSPS) is 28.9. The maximum atomic E-state index is 11.8. The zero-order chi connectivity index (χ0) is 16.5. The summed E-state index contributed by atoms with van der Waals surface area (Å²) in [5, 5.41) is 0. The van der Waals surface area contributed by atoms with Crippen molar-refractivity contribution >= 4 is 7.82 Å². The van der Waals surface area contributed by atoms with E-state index in [0.717, 1.165) is 0 Å². The molecule has 124 valence electrons. The first-order valence-corrected chi connectivity index (χ1v) is 7.93. The fourth-order valence-corrected chi connectivity index (χ4v) is 2.76. The number of phosphoric acid groups is 1. The van der Waals surface area contributed by atoms with Gasteiger partial charge in [-0.3, -0.25) is 18.9 Å². The van der Waals surface area contributed by atoms with Crippen molar-refractivity contribution in [3.8, 4) is 0 Å². The fourth-order valence-electron chi connectivity index (χ4n) is 2.40. The number of H-pyrrole nitrogens is 1. The van der Waals surface area contributed by atoms with Crippen LogP contribution in [0.4, 0.5) is 0 Å². The summed E-state index contributed by atoms with van der Waals surface area (Å²) in [6, 6.07) is 1.18. The molecule has 1 aromatic heterocycles. The van der Waals surface area contributed by atoms with Gasteiger partial charge < -0.3 is 19.3 Å². The van der Waals surface area contributed by atoms with Crippen molar-refractivity contribution in [1.29, 1.82) is 0 Å². The van der Waals surface area contributed by atoms with Gasteiger partial charge in [0.05, 0.1) is 0 Å². The van der Waals surface area contributed by atoms with E-state index in [0.29, 0.717) is 0 Å². The molecule has 0 radical (unpaired) electrons. The van der Waals surface area contributed by atoms with Gasteiger partial charge in [0.25, 0.3) is 5.56 Å². The molecule has 1 saturated heterocycles. The van der Waals surface area contributed by atoms with Crippen LogP contribution < -0.4 is 11.2 Å². The van der Waals surface area contributed by atoms with Gasteiger partial charge in [-0.05, 0) is 0 Å². The number of hydrogen-bond donors (Lipinski definition) is 3. The maximum Gasteiger partial charge on any atom is 0.469 e. The molecule has 3 atom stereocenters.